The van der Waals surface area contributed by atoms with Crippen LogP contribution >= 0.6 is 15.9 Å². The minimum Gasteiger partial charge on any atom is -0.380 e. The molecule has 1 heterocycles. The molecule has 3 nitrogen and oxygen atoms in total. The first-order valence-corrected chi connectivity index (χ1v) is 6.38. The Bertz CT molecular complexity index is 522. The van der Waals surface area contributed by atoms with Crippen LogP contribution in [-0.2, 0) is 6.54 Å². The Morgan fingerprint density at radius 3 is 2.88 bits per heavy atom. The molecule has 17 heavy (non-hydrogen) atoms. The summed E-state index contributed by atoms with van der Waals surface area (Å²) in [5.74, 6) is 0.678. The van der Waals surface area contributed by atoms with Crippen LogP contribution in [0, 0.1) is 6.92 Å². The number of aliphatic hydroxyl groups is 1. The number of aromatic nitrogens is 2. The molecule has 0 fully saturated rings. The fourth-order valence-corrected chi connectivity index (χ4v) is 2.54. The van der Waals surface area contributed by atoms with Gasteiger partial charge in [0, 0.05) is 29.0 Å². The Morgan fingerprint density at radius 1 is 1.47 bits per heavy atom. The summed E-state index contributed by atoms with van der Waals surface area (Å²) >= 11 is 3.48. The molecule has 0 aliphatic heterocycles. The van der Waals surface area contributed by atoms with E-state index in [1.807, 2.05) is 42.8 Å². The molecule has 90 valence electrons. The van der Waals surface area contributed by atoms with Gasteiger partial charge >= 0.3 is 0 Å². The monoisotopic (exact) mass is 294 g/mol. The fraction of sp³-hybridized carbons (Fsp3) is 0.308. The third-order valence-electron chi connectivity index (χ3n) is 2.78. The molecule has 0 aliphatic rings. The fourth-order valence-electron chi connectivity index (χ4n) is 1.83. The number of nitrogens with zero attached hydrogens (tertiary/aromatic N) is 2. The molecule has 0 saturated heterocycles. The molecule has 0 radical (unpaired) electrons. The SMILES string of the molecule is CCn1ccnc1C(O)c1ccc(C)cc1Br. The van der Waals surface area contributed by atoms with Crippen LogP contribution in [0.2, 0.25) is 0 Å². The Hall–Kier alpha value is -1.13. The summed E-state index contributed by atoms with van der Waals surface area (Å²) in [7, 11) is 0. The van der Waals surface area contributed by atoms with E-state index in [9.17, 15) is 5.11 Å². The molecule has 1 aromatic carbocycles. The number of halogens is 1. The molecule has 2 rings (SSSR count). The van der Waals surface area contributed by atoms with Gasteiger partial charge < -0.3 is 9.67 Å². The van der Waals surface area contributed by atoms with Gasteiger partial charge in [0.25, 0.3) is 0 Å². The van der Waals surface area contributed by atoms with Crippen LogP contribution in [-0.4, -0.2) is 14.7 Å². The van der Waals surface area contributed by atoms with Crippen molar-refractivity contribution in [3.8, 4) is 0 Å². The van der Waals surface area contributed by atoms with Crippen molar-refractivity contribution in [2.24, 2.45) is 0 Å². The highest BCUT2D eigenvalue weighted by Crippen LogP contribution is 2.28. The maximum absolute atomic E-state index is 10.4. The van der Waals surface area contributed by atoms with Crippen LogP contribution in [0.4, 0.5) is 0 Å². The summed E-state index contributed by atoms with van der Waals surface area (Å²) in [4.78, 5) is 4.22. The number of aliphatic hydroxyl groups excluding tert-OH is 1. The zero-order valence-electron chi connectivity index (χ0n) is 9.89. The standard InChI is InChI=1S/C13H15BrN2O/c1-3-16-7-6-15-13(16)12(17)10-5-4-9(2)8-11(10)14/h4-8,12,17H,3H2,1-2H3. The van der Waals surface area contributed by atoms with E-state index in [-0.39, 0.29) is 0 Å². The number of aryl methyl sites for hydroxylation is 2. The molecular formula is C13H15BrN2O. The molecule has 0 aliphatic carbocycles. The second-order valence-electron chi connectivity index (χ2n) is 4.00. The van der Waals surface area contributed by atoms with Gasteiger partial charge in [-0.1, -0.05) is 28.1 Å². The Morgan fingerprint density at radius 2 is 2.24 bits per heavy atom. The van der Waals surface area contributed by atoms with E-state index in [1.54, 1.807) is 6.20 Å². The van der Waals surface area contributed by atoms with Gasteiger partial charge in [-0.15, -0.1) is 0 Å². The first-order chi connectivity index (χ1) is 8.13. The summed E-state index contributed by atoms with van der Waals surface area (Å²) in [6.45, 7) is 4.85. The van der Waals surface area contributed by atoms with Crippen molar-refractivity contribution >= 4 is 15.9 Å². The third-order valence-corrected chi connectivity index (χ3v) is 3.47. The summed E-state index contributed by atoms with van der Waals surface area (Å²) < 4.78 is 2.85. The molecule has 1 atom stereocenters. The summed E-state index contributed by atoms with van der Waals surface area (Å²) in [6.07, 6.45) is 2.89. The van der Waals surface area contributed by atoms with Gasteiger partial charge in [0.15, 0.2) is 0 Å². The number of benzene rings is 1. The molecule has 0 saturated carbocycles. The number of hydrogen-bond donors (Lipinski definition) is 1. The van der Waals surface area contributed by atoms with Gasteiger partial charge in [0.2, 0.25) is 0 Å². The summed E-state index contributed by atoms with van der Waals surface area (Å²) in [5.41, 5.74) is 2.00. The first kappa shape index (κ1) is 12.3. The molecule has 1 N–H and O–H groups in total. The molecule has 0 bridgehead atoms. The van der Waals surface area contributed by atoms with Crippen LogP contribution in [0.5, 0.6) is 0 Å². The highest BCUT2D eigenvalue weighted by atomic mass is 79.9. The predicted octanol–water partition coefficient (Wildman–Crippen LogP) is 3.06. The maximum atomic E-state index is 10.4. The van der Waals surface area contributed by atoms with Gasteiger partial charge in [-0.2, -0.15) is 0 Å². The first-order valence-electron chi connectivity index (χ1n) is 5.58. The largest absolute Gasteiger partial charge is 0.380 e. The third kappa shape index (κ3) is 2.42. The second-order valence-corrected chi connectivity index (χ2v) is 4.85. The van der Waals surface area contributed by atoms with Crippen LogP contribution < -0.4 is 0 Å². The van der Waals surface area contributed by atoms with Crippen LogP contribution in [0.1, 0.15) is 30.0 Å². The highest BCUT2D eigenvalue weighted by Gasteiger charge is 2.17. The van der Waals surface area contributed by atoms with Crippen molar-refractivity contribution in [3.63, 3.8) is 0 Å². The van der Waals surface area contributed by atoms with E-state index in [0.29, 0.717) is 5.82 Å². The van der Waals surface area contributed by atoms with E-state index in [1.165, 1.54) is 0 Å². The highest BCUT2D eigenvalue weighted by molar-refractivity contribution is 9.10. The lowest BCUT2D eigenvalue weighted by Crippen LogP contribution is -2.09. The van der Waals surface area contributed by atoms with E-state index >= 15 is 0 Å². The quantitative estimate of drug-likeness (QED) is 0.945. The predicted molar refractivity (Wildman–Crippen MR) is 70.8 cm³/mol. The Labute approximate surface area is 109 Å². The van der Waals surface area contributed by atoms with Crippen molar-refractivity contribution in [3.05, 3.63) is 52.0 Å². The molecule has 1 unspecified atom stereocenters. The van der Waals surface area contributed by atoms with E-state index in [0.717, 1.165) is 22.1 Å². The average molecular weight is 295 g/mol. The van der Waals surface area contributed by atoms with E-state index in [4.69, 9.17) is 0 Å². The lowest BCUT2D eigenvalue weighted by atomic mass is 10.1. The lowest BCUT2D eigenvalue weighted by molar-refractivity contribution is 0.204. The summed E-state index contributed by atoms with van der Waals surface area (Å²) in [5, 5.41) is 10.4. The minimum atomic E-state index is -0.695. The van der Waals surface area contributed by atoms with Gasteiger partial charge in [0.05, 0.1) is 0 Å². The van der Waals surface area contributed by atoms with Crippen LogP contribution in [0.15, 0.2) is 35.1 Å². The molecule has 1 aromatic heterocycles. The van der Waals surface area contributed by atoms with Crippen LogP contribution in [0.3, 0.4) is 0 Å². The van der Waals surface area contributed by atoms with Gasteiger partial charge in [-0.25, -0.2) is 4.98 Å². The topological polar surface area (TPSA) is 38.0 Å². The lowest BCUT2D eigenvalue weighted by Gasteiger charge is -2.14. The molecule has 4 heteroatoms. The van der Waals surface area contributed by atoms with Gasteiger partial charge in [-0.3, -0.25) is 0 Å². The number of rotatable bonds is 3. The van der Waals surface area contributed by atoms with E-state index in [2.05, 4.69) is 20.9 Å². The molecule has 0 amide bonds. The Balaban J connectivity index is 2.40. The molecule has 2 aromatic rings. The van der Waals surface area contributed by atoms with Crippen molar-refractivity contribution in [1.29, 1.82) is 0 Å². The van der Waals surface area contributed by atoms with E-state index < -0.39 is 6.10 Å². The van der Waals surface area contributed by atoms with Crippen molar-refractivity contribution in [2.45, 2.75) is 26.5 Å². The molecule has 0 spiro atoms. The maximum Gasteiger partial charge on any atom is 0.142 e. The van der Waals surface area contributed by atoms with Crippen molar-refractivity contribution < 1.29 is 5.11 Å². The smallest absolute Gasteiger partial charge is 0.142 e. The van der Waals surface area contributed by atoms with Crippen molar-refractivity contribution in [2.75, 3.05) is 0 Å². The zero-order valence-corrected chi connectivity index (χ0v) is 11.5. The minimum absolute atomic E-state index is 0.678. The van der Waals surface area contributed by atoms with Crippen molar-refractivity contribution in [1.82, 2.24) is 9.55 Å². The second kappa shape index (κ2) is 5.02. The molecular weight excluding hydrogens is 280 g/mol. The Kier molecular flexibility index (Phi) is 3.64. The number of imidazole rings is 1. The average Bonchev–Trinajstić information content (AvgIpc) is 2.76. The number of hydrogen-bond acceptors (Lipinski definition) is 2. The van der Waals surface area contributed by atoms with Gasteiger partial charge in [0.1, 0.15) is 11.9 Å². The normalized spacial score (nSPS) is 12.7. The zero-order chi connectivity index (χ0) is 12.4. The summed E-state index contributed by atoms with van der Waals surface area (Å²) in [6, 6.07) is 5.92. The van der Waals surface area contributed by atoms with Crippen LogP contribution in [0.25, 0.3) is 0 Å². The van der Waals surface area contributed by atoms with Gasteiger partial charge in [-0.05, 0) is 25.5 Å².